The van der Waals surface area contributed by atoms with Crippen LogP contribution in [0.4, 0.5) is 22.7 Å². The summed E-state index contributed by atoms with van der Waals surface area (Å²) in [5.74, 6) is 0. The predicted octanol–water partition coefficient (Wildman–Crippen LogP) is 19.4. The Kier molecular flexibility index (Phi) is 19.7. The molecule has 0 bridgehead atoms. The first-order valence-corrected chi connectivity index (χ1v) is 28.4. The first-order chi connectivity index (χ1) is 34.1. The van der Waals surface area contributed by atoms with Crippen LogP contribution < -0.4 is 14.4 Å². The van der Waals surface area contributed by atoms with Crippen LogP contribution in [-0.4, -0.2) is 18.8 Å². The van der Waals surface area contributed by atoms with Crippen molar-refractivity contribution >= 4 is 28.5 Å². The Hall–Kier alpha value is -4.89. The Labute approximate surface area is 427 Å². The number of benzene rings is 4. The fourth-order valence-electron chi connectivity index (χ4n) is 11.8. The lowest BCUT2D eigenvalue weighted by Crippen LogP contribution is -2.27. The Bertz CT molecular complexity index is 2270. The molecule has 70 heavy (non-hydrogen) atoms. The number of allylic oxidation sites excluding steroid dienone is 8. The normalized spacial score (nSPS) is 18.3. The zero-order valence-corrected chi connectivity index (χ0v) is 45.4. The average Bonchev–Trinajstić information content (AvgIpc) is 3.92. The van der Waals surface area contributed by atoms with Crippen LogP contribution in [-0.2, 0) is 10.8 Å². The van der Waals surface area contributed by atoms with E-state index in [4.69, 9.17) is 0 Å². The van der Waals surface area contributed by atoms with Crippen molar-refractivity contribution in [3.05, 3.63) is 166 Å². The minimum absolute atomic E-state index is 0.101. The predicted molar refractivity (Wildman–Crippen MR) is 308 cm³/mol. The number of nitrogens with zero attached hydrogens (tertiary/aromatic N) is 3. The van der Waals surface area contributed by atoms with Gasteiger partial charge >= 0.3 is 0 Å². The lowest BCUT2D eigenvalue weighted by atomic mass is 9.83. The van der Waals surface area contributed by atoms with Crippen molar-refractivity contribution in [1.29, 1.82) is 0 Å². The fourth-order valence-corrected chi connectivity index (χ4v) is 11.8. The van der Waals surface area contributed by atoms with Crippen LogP contribution in [0.5, 0.6) is 0 Å². The van der Waals surface area contributed by atoms with Gasteiger partial charge in [-0.1, -0.05) is 241 Å². The highest BCUT2D eigenvalue weighted by atomic mass is 15.2. The molecule has 0 amide bonds. The lowest BCUT2D eigenvalue weighted by molar-refractivity contribution is 0.554. The van der Waals surface area contributed by atoms with Crippen LogP contribution in [0.3, 0.4) is 0 Å². The Morgan fingerprint density at radius 3 is 1.13 bits per heavy atom. The van der Waals surface area contributed by atoms with Crippen molar-refractivity contribution in [2.45, 2.75) is 207 Å². The standard InChI is InChI=1S/C67H92N3/c1-9-11-13-15-17-19-21-23-25-33-49-68-61-45-39-53(3)51-59(61)66(5,6)63(68)47-43-55-41-42-56(65(55)70(57-35-29-27-30-36-57)58-37-31-28-32-38-58)44-48-64-67(7,8)60-52-54(4)40-46-62(60)69(64)50-34-26-24-22-20-18-16-14-12-10-2/h27-32,35-40,43-48,51-52H,9-26,33-34,41-42,49-50H2,1-8H3/q+1. The van der Waals surface area contributed by atoms with Gasteiger partial charge in [0.15, 0.2) is 0 Å². The molecule has 1 saturated carbocycles. The van der Waals surface area contributed by atoms with Gasteiger partial charge in [0.05, 0.1) is 0 Å². The highest BCUT2D eigenvalue weighted by Crippen LogP contribution is 2.50. The van der Waals surface area contributed by atoms with E-state index in [2.05, 4.69) is 191 Å². The second-order valence-electron chi connectivity index (χ2n) is 22.3. The Balaban J connectivity index is 1.22. The van der Waals surface area contributed by atoms with Crippen LogP contribution >= 0.6 is 0 Å². The second-order valence-corrected chi connectivity index (χ2v) is 22.3. The maximum absolute atomic E-state index is 2.68. The van der Waals surface area contributed by atoms with E-state index in [1.54, 1.807) is 0 Å². The van der Waals surface area contributed by atoms with E-state index in [-0.39, 0.29) is 10.8 Å². The quantitative estimate of drug-likeness (QED) is 0.0458. The zero-order chi connectivity index (χ0) is 49.4. The molecule has 0 unspecified atom stereocenters. The van der Waals surface area contributed by atoms with Gasteiger partial charge in [0.2, 0.25) is 17.1 Å². The van der Waals surface area contributed by atoms with Crippen molar-refractivity contribution in [2.24, 2.45) is 0 Å². The molecule has 7 rings (SSSR count). The average molecular weight is 939 g/mol. The van der Waals surface area contributed by atoms with E-state index < -0.39 is 0 Å². The fraction of sp³-hybridized carbons (Fsp3) is 0.507. The van der Waals surface area contributed by atoms with Gasteiger partial charge in [-0.05, 0) is 74.9 Å². The Morgan fingerprint density at radius 2 is 0.771 bits per heavy atom. The molecule has 0 N–H and O–H groups in total. The van der Waals surface area contributed by atoms with Crippen molar-refractivity contribution in [3.63, 3.8) is 0 Å². The minimum Gasteiger partial charge on any atom is -0.344 e. The van der Waals surface area contributed by atoms with E-state index in [0.717, 1.165) is 25.9 Å². The van der Waals surface area contributed by atoms with Crippen LogP contribution in [0.2, 0.25) is 0 Å². The van der Waals surface area contributed by atoms with Crippen LogP contribution in [0.1, 0.15) is 205 Å². The largest absolute Gasteiger partial charge is 0.344 e. The maximum atomic E-state index is 2.68. The summed E-state index contributed by atoms with van der Waals surface area (Å²) in [6, 6.07) is 36.5. The molecule has 2 aliphatic heterocycles. The second kappa shape index (κ2) is 26.0. The molecule has 0 aromatic heterocycles. The molecule has 3 heteroatoms. The summed E-state index contributed by atoms with van der Waals surface area (Å²) in [6.07, 6.45) is 39.1. The van der Waals surface area contributed by atoms with Crippen LogP contribution in [0.25, 0.3) is 0 Å². The number of anilines is 2. The van der Waals surface area contributed by atoms with Crippen molar-refractivity contribution in [1.82, 2.24) is 4.58 Å². The van der Waals surface area contributed by atoms with E-state index in [9.17, 15) is 0 Å². The minimum atomic E-state index is -0.101. The number of aryl methyl sites for hydroxylation is 2. The summed E-state index contributed by atoms with van der Waals surface area (Å²) in [5.41, 5.74) is 17.5. The van der Waals surface area contributed by atoms with Crippen molar-refractivity contribution in [2.75, 3.05) is 22.9 Å². The molecule has 3 aliphatic rings. The molecule has 1 fully saturated rings. The van der Waals surface area contributed by atoms with Crippen LogP contribution in [0, 0.1) is 13.8 Å². The van der Waals surface area contributed by atoms with Gasteiger partial charge in [0, 0.05) is 82.1 Å². The van der Waals surface area contributed by atoms with Gasteiger partial charge < -0.3 is 9.80 Å². The molecule has 2 heterocycles. The number of rotatable bonds is 26. The smallest absolute Gasteiger partial charge is 0.218 e. The topological polar surface area (TPSA) is 9.49 Å². The molecule has 4 aromatic rings. The zero-order valence-electron chi connectivity index (χ0n) is 45.4. The summed E-state index contributed by atoms with van der Waals surface area (Å²) in [7, 11) is 0. The summed E-state index contributed by atoms with van der Waals surface area (Å²) >= 11 is 0. The van der Waals surface area contributed by atoms with Crippen molar-refractivity contribution in [3.8, 4) is 0 Å². The van der Waals surface area contributed by atoms with Gasteiger partial charge in [-0.3, -0.25) is 0 Å². The summed E-state index contributed by atoms with van der Waals surface area (Å²) < 4.78 is 2.54. The molecule has 4 aromatic carbocycles. The van der Waals surface area contributed by atoms with Crippen LogP contribution in [0.15, 0.2) is 144 Å². The maximum Gasteiger partial charge on any atom is 0.218 e. The number of hydrogen-bond acceptors (Lipinski definition) is 2. The molecule has 374 valence electrons. The number of unbranched alkanes of at least 4 members (excludes halogenated alkanes) is 18. The number of fused-ring (bicyclic) bond motifs is 2. The SMILES string of the molecule is CCCCCCCCCCCCN1/C(=C/C=C2\CC/C(=C\C=C3\N(CCCCCCCCCCCC)c4ccc(C)cc4C3(C)C)C2=[N+](c2ccccc2)c2ccccc2)C(C)(C)c2cc(C)ccc21. The van der Waals surface area contributed by atoms with Gasteiger partial charge in [-0.2, -0.15) is 4.58 Å². The molecule has 0 radical (unpaired) electrons. The van der Waals surface area contributed by atoms with Gasteiger partial charge in [0.25, 0.3) is 0 Å². The first kappa shape index (κ1) is 52.9. The first-order valence-electron chi connectivity index (χ1n) is 28.4. The van der Waals surface area contributed by atoms with Crippen molar-refractivity contribution < 1.29 is 0 Å². The highest BCUT2D eigenvalue weighted by Gasteiger charge is 2.42. The lowest BCUT2D eigenvalue weighted by Gasteiger charge is -2.27. The molecule has 0 spiro atoms. The molecular formula is C67H92N3+. The number of para-hydroxylation sites is 2. The molecule has 1 aliphatic carbocycles. The summed E-state index contributed by atoms with van der Waals surface area (Å²) in [4.78, 5) is 5.37. The highest BCUT2D eigenvalue weighted by molar-refractivity contribution is 6.17. The molecular weight excluding hydrogens is 847 g/mol. The molecule has 3 nitrogen and oxygen atoms in total. The van der Waals surface area contributed by atoms with E-state index >= 15 is 0 Å². The van der Waals surface area contributed by atoms with E-state index in [0.29, 0.717) is 0 Å². The third kappa shape index (κ3) is 13.1. The molecule has 0 saturated heterocycles. The van der Waals surface area contributed by atoms with Gasteiger partial charge in [0.1, 0.15) is 0 Å². The third-order valence-electron chi connectivity index (χ3n) is 16.0. The number of hydrogen-bond donors (Lipinski definition) is 0. The molecule has 0 atom stereocenters. The van der Waals surface area contributed by atoms with E-state index in [1.807, 2.05) is 0 Å². The summed E-state index contributed by atoms with van der Waals surface area (Å²) in [5, 5.41) is 0. The van der Waals surface area contributed by atoms with E-state index in [1.165, 1.54) is 202 Å². The van der Waals surface area contributed by atoms with Gasteiger partial charge in [-0.25, -0.2) is 0 Å². The Morgan fingerprint density at radius 1 is 0.429 bits per heavy atom. The monoisotopic (exact) mass is 939 g/mol. The summed E-state index contributed by atoms with van der Waals surface area (Å²) in [6.45, 7) is 21.1. The third-order valence-corrected chi connectivity index (χ3v) is 16.0. The van der Waals surface area contributed by atoms with Gasteiger partial charge in [-0.15, -0.1) is 0 Å².